The highest BCUT2D eigenvalue weighted by molar-refractivity contribution is 6.35. The topological polar surface area (TPSA) is 37.0 Å². The molecule has 118 valence electrons. The lowest BCUT2D eigenvalue weighted by Gasteiger charge is -2.31. The van der Waals surface area contributed by atoms with Crippen molar-refractivity contribution in [3.63, 3.8) is 0 Å². The van der Waals surface area contributed by atoms with Crippen molar-refractivity contribution in [1.29, 1.82) is 0 Å². The second-order valence-corrected chi connectivity index (χ2v) is 6.32. The van der Waals surface area contributed by atoms with E-state index in [9.17, 15) is 0 Å². The lowest BCUT2D eigenvalue weighted by atomic mass is 9.86. The van der Waals surface area contributed by atoms with E-state index in [0.29, 0.717) is 0 Å². The number of aromatic nitrogens is 1. The minimum atomic E-state index is 0.0985. The Bertz CT molecular complexity index is 793. The Morgan fingerprint density at radius 2 is 1.96 bits per heavy atom. The van der Waals surface area contributed by atoms with Gasteiger partial charge in [0.05, 0.1) is 17.7 Å². The van der Waals surface area contributed by atoms with Gasteiger partial charge in [-0.3, -0.25) is 0 Å². The van der Waals surface area contributed by atoms with E-state index < -0.39 is 0 Å². The number of hydrogen-bond donors (Lipinski definition) is 2. The van der Waals surface area contributed by atoms with Crippen LogP contribution in [-0.4, -0.2) is 30.8 Å². The average molecular weight is 327 g/mol. The minimum absolute atomic E-state index is 0.0985. The molecule has 3 aromatic rings. The van der Waals surface area contributed by atoms with Crippen molar-refractivity contribution in [2.75, 3.05) is 19.7 Å². The van der Waals surface area contributed by atoms with Crippen LogP contribution in [0, 0.1) is 0 Å². The van der Waals surface area contributed by atoms with Crippen LogP contribution in [0.2, 0.25) is 5.02 Å². The molecule has 1 fully saturated rings. The summed E-state index contributed by atoms with van der Waals surface area (Å²) in [7, 11) is 0. The van der Waals surface area contributed by atoms with Crippen molar-refractivity contribution in [1.82, 2.24) is 10.3 Å². The van der Waals surface area contributed by atoms with Crippen molar-refractivity contribution in [2.24, 2.45) is 0 Å². The summed E-state index contributed by atoms with van der Waals surface area (Å²) >= 11 is 6.50. The average Bonchev–Trinajstić information content (AvgIpc) is 3.02. The fourth-order valence-electron chi connectivity index (χ4n) is 3.47. The normalized spacial score (nSPS) is 19.8. The third kappa shape index (κ3) is 2.76. The fourth-order valence-corrected chi connectivity index (χ4v) is 3.75. The van der Waals surface area contributed by atoms with Crippen LogP contribution in [-0.2, 0) is 4.74 Å². The monoisotopic (exact) mass is 326 g/mol. The molecule has 4 rings (SSSR count). The Balaban J connectivity index is 1.86. The first-order valence-electron chi connectivity index (χ1n) is 7.97. The number of hydrogen-bond acceptors (Lipinski definition) is 2. The maximum atomic E-state index is 6.50. The maximum absolute atomic E-state index is 6.50. The quantitative estimate of drug-likeness (QED) is 0.765. The zero-order chi connectivity index (χ0) is 15.6. The van der Waals surface area contributed by atoms with E-state index in [1.807, 2.05) is 18.2 Å². The molecule has 1 aliphatic heterocycles. The number of halogens is 1. The summed E-state index contributed by atoms with van der Waals surface area (Å²) in [5.41, 5.74) is 3.52. The molecule has 0 unspecified atom stereocenters. The van der Waals surface area contributed by atoms with Crippen molar-refractivity contribution in [3.8, 4) is 0 Å². The molecule has 4 heteroatoms. The number of H-pyrrole nitrogens is 1. The Morgan fingerprint density at radius 1 is 1.09 bits per heavy atom. The van der Waals surface area contributed by atoms with Crippen LogP contribution in [0.25, 0.3) is 10.9 Å². The van der Waals surface area contributed by atoms with Crippen LogP contribution >= 0.6 is 11.6 Å². The predicted octanol–water partition coefficient (Wildman–Crippen LogP) is 3.94. The van der Waals surface area contributed by atoms with E-state index in [-0.39, 0.29) is 12.0 Å². The fraction of sp³-hybridized carbons (Fsp3) is 0.263. The molecular formula is C19H19ClN2O. The molecule has 2 heterocycles. The van der Waals surface area contributed by atoms with Crippen molar-refractivity contribution in [2.45, 2.75) is 12.0 Å². The van der Waals surface area contributed by atoms with Crippen molar-refractivity contribution < 1.29 is 4.74 Å². The summed E-state index contributed by atoms with van der Waals surface area (Å²) in [5.74, 6) is 0.151. The van der Waals surface area contributed by atoms with E-state index >= 15 is 0 Å². The van der Waals surface area contributed by atoms with Crippen LogP contribution in [0.1, 0.15) is 17.0 Å². The van der Waals surface area contributed by atoms with Crippen molar-refractivity contribution >= 4 is 22.5 Å². The van der Waals surface area contributed by atoms with Gasteiger partial charge in [0.15, 0.2) is 0 Å². The molecule has 1 aromatic heterocycles. The van der Waals surface area contributed by atoms with E-state index in [1.165, 1.54) is 11.1 Å². The molecule has 0 saturated carbocycles. The van der Waals surface area contributed by atoms with Gasteiger partial charge in [-0.2, -0.15) is 0 Å². The van der Waals surface area contributed by atoms with Gasteiger partial charge in [-0.15, -0.1) is 0 Å². The van der Waals surface area contributed by atoms with Gasteiger partial charge in [0.1, 0.15) is 0 Å². The molecule has 0 amide bonds. The summed E-state index contributed by atoms with van der Waals surface area (Å²) in [5, 5.41) is 5.32. The Morgan fingerprint density at radius 3 is 2.74 bits per heavy atom. The number of benzene rings is 2. The Hall–Kier alpha value is -1.81. The van der Waals surface area contributed by atoms with Crippen LogP contribution in [0.4, 0.5) is 0 Å². The van der Waals surface area contributed by atoms with Gasteiger partial charge in [0.25, 0.3) is 0 Å². The molecule has 2 atom stereocenters. The van der Waals surface area contributed by atoms with Gasteiger partial charge in [-0.1, -0.05) is 48.0 Å². The lowest BCUT2D eigenvalue weighted by molar-refractivity contribution is 0.0189. The van der Waals surface area contributed by atoms with Crippen LogP contribution < -0.4 is 5.32 Å². The summed E-state index contributed by atoms with van der Waals surface area (Å²) in [4.78, 5) is 3.36. The van der Waals surface area contributed by atoms with Gasteiger partial charge in [0, 0.05) is 36.1 Å². The molecule has 23 heavy (non-hydrogen) atoms. The van der Waals surface area contributed by atoms with Gasteiger partial charge in [-0.05, 0) is 23.3 Å². The van der Waals surface area contributed by atoms with Crippen LogP contribution in [0.5, 0.6) is 0 Å². The van der Waals surface area contributed by atoms with E-state index in [4.69, 9.17) is 16.3 Å². The Labute approximate surface area is 140 Å². The Kier molecular flexibility index (Phi) is 4.08. The van der Waals surface area contributed by atoms with E-state index in [1.54, 1.807) is 0 Å². The highest BCUT2D eigenvalue weighted by atomic mass is 35.5. The second-order valence-electron chi connectivity index (χ2n) is 5.91. The minimum Gasteiger partial charge on any atom is -0.375 e. The number of ether oxygens (including phenoxy) is 1. The molecule has 0 spiro atoms. The first-order chi connectivity index (χ1) is 11.3. The SMILES string of the molecule is Clc1cccc2[nH]cc([C@@H](c3ccccc3)[C@H]3CNCCO3)c12. The summed E-state index contributed by atoms with van der Waals surface area (Å²) in [6.45, 7) is 2.49. The smallest absolute Gasteiger partial charge is 0.0809 e. The van der Waals surface area contributed by atoms with Crippen LogP contribution in [0.15, 0.2) is 54.7 Å². The van der Waals surface area contributed by atoms with Crippen molar-refractivity contribution in [3.05, 3.63) is 70.9 Å². The maximum Gasteiger partial charge on any atom is 0.0809 e. The molecule has 2 N–H and O–H groups in total. The number of rotatable bonds is 3. The molecule has 0 bridgehead atoms. The third-order valence-electron chi connectivity index (χ3n) is 4.51. The second kappa shape index (κ2) is 6.36. The third-order valence-corrected chi connectivity index (χ3v) is 4.82. The predicted molar refractivity (Wildman–Crippen MR) is 94.2 cm³/mol. The number of morpholine rings is 1. The number of aromatic amines is 1. The lowest BCUT2D eigenvalue weighted by Crippen LogP contribution is -2.42. The molecule has 0 aliphatic carbocycles. The molecule has 1 aliphatic rings. The largest absolute Gasteiger partial charge is 0.375 e. The van der Waals surface area contributed by atoms with Crippen LogP contribution in [0.3, 0.4) is 0 Å². The summed E-state index contributed by atoms with van der Waals surface area (Å²) in [6.07, 6.45) is 2.17. The van der Waals surface area contributed by atoms with Gasteiger partial charge < -0.3 is 15.0 Å². The zero-order valence-electron chi connectivity index (χ0n) is 12.8. The first-order valence-corrected chi connectivity index (χ1v) is 8.35. The molecule has 1 saturated heterocycles. The first kappa shape index (κ1) is 14.8. The summed E-state index contributed by atoms with van der Waals surface area (Å²) < 4.78 is 6.09. The molecular weight excluding hydrogens is 308 g/mol. The zero-order valence-corrected chi connectivity index (χ0v) is 13.5. The molecule has 2 aromatic carbocycles. The number of fused-ring (bicyclic) bond motifs is 1. The standard InChI is InChI=1S/C19H19ClN2O/c20-15-7-4-8-16-19(15)14(11-22-16)18(13-5-2-1-3-6-13)17-12-21-9-10-23-17/h1-8,11,17-18,21-22H,9-10,12H2/t17-,18-/m1/s1. The van der Waals surface area contributed by atoms with Gasteiger partial charge in [-0.25, -0.2) is 0 Å². The van der Waals surface area contributed by atoms with Gasteiger partial charge in [0.2, 0.25) is 0 Å². The van der Waals surface area contributed by atoms with E-state index in [0.717, 1.165) is 35.6 Å². The molecule has 0 radical (unpaired) electrons. The number of nitrogens with one attached hydrogen (secondary N) is 2. The highest BCUT2D eigenvalue weighted by Crippen LogP contribution is 2.37. The van der Waals surface area contributed by atoms with E-state index in [2.05, 4.69) is 46.8 Å². The highest BCUT2D eigenvalue weighted by Gasteiger charge is 2.29. The summed E-state index contributed by atoms with van der Waals surface area (Å²) in [6, 6.07) is 16.5. The molecule has 3 nitrogen and oxygen atoms in total. The van der Waals surface area contributed by atoms with Gasteiger partial charge >= 0.3 is 0 Å².